The summed E-state index contributed by atoms with van der Waals surface area (Å²) in [5.74, 6) is 0.0757. The lowest BCUT2D eigenvalue weighted by atomic mass is 9.89. The molecule has 0 aromatic heterocycles. The molecule has 102 valence electrons. The number of nitrogens with one attached hydrogen (secondary N) is 1. The fraction of sp³-hybridized carbons (Fsp3) is 0.429. The molecule has 5 heteroatoms. The molecule has 0 unspecified atom stereocenters. The Balaban J connectivity index is 1.94. The van der Waals surface area contributed by atoms with Crippen LogP contribution in [0.15, 0.2) is 23.3 Å². The minimum atomic E-state index is -0.0147. The highest BCUT2D eigenvalue weighted by Gasteiger charge is 2.20. The van der Waals surface area contributed by atoms with Crippen molar-refractivity contribution in [3.63, 3.8) is 0 Å². The summed E-state index contributed by atoms with van der Waals surface area (Å²) in [7, 11) is 0. The van der Waals surface area contributed by atoms with Gasteiger partial charge in [-0.15, -0.1) is 0 Å². The summed E-state index contributed by atoms with van der Waals surface area (Å²) in [6, 6.07) is 5.23. The van der Waals surface area contributed by atoms with E-state index in [0.29, 0.717) is 15.6 Å². The van der Waals surface area contributed by atoms with E-state index in [4.69, 9.17) is 23.2 Å². The first-order chi connectivity index (χ1) is 9.18. The van der Waals surface area contributed by atoms with Crippen molar-refractivity contribution in [2.45, 2.75) is 32.1 Å². The Bertz CT molecular complexity index is 462. The van der Waals surface area contributed by atoms with Gasteiger partial charge in [0.25, 0.3) is 0 Å². The summed E-state index contributed by atoms with van der Waals surface area (Å²) in [6.45, 7) is 0. The van der Waals surface area contributed by atoms with E-state index in [1.54, 1.807) is 18.2 Å². The number of hydrogen-bond donors (Lipinski definition) is 1. The first-order valence-corrected chi connectivity index (χ1v) is 7.21. The first-order valence-electron chi connectivity index (χ1n) is 6.45. The predicted molar refractivity (Wildman–Crippen MR) is 78.8 cm³/mol. The number of hydrazone groups is 1. The molecule has 1 aliphatic rings. The van der Waals surface area contributed by atoms with Crippen LogP contribution in [0.4, 0.5) is 0 Å². The predicted octanol–water partition coefficient (Wildman–Crippen LogP) is 4.02. The minimum absolute atomic E-state index is 0.0147. The van der Waals surface area contributed by atoms with E-state index >= 15 is 0 Å². The van der Waals surface area contributed by atoms with Crippen molar-refractivity contribution >= 4 is 35.3 Å². The zero-order valence-electron chi connectivity index (χ0n) is 10.5. The third kappa shape index (κ3) is 3.95. The van der Waals surface area contributed by atoms with Crippen molar-refractivity contribution in [3.05, 3.63) is 33.8 Å². The zero-order valence-corrected chi connectivity index (χ0v) is 12.0. The van der Waals surface area contributed by atoms with Gasteiger partial charge in [0.1, 0.15) is 0 Å². The Kier molecular flexibility index (Phi) is 5.23. The van der Waals surface area contributed by atoms with E-state index in [1.165, 1.54) is 12.6 Å². The SMILES string of the molecule is O=C(NN=Cc1c(Cl)cccc1Cl)C1CCCCC1. The highest BCUT2D eigenvalue weighted by Crippen LogP contribution is 2.24. The maximum atomic E-state index is 11.9. The van der Waals surface area contributed by atoms with Crippen LogP contribution in [0, 0.1) is 5.92 Å². The maximum Gasteiger partial charge on any atom is 0.243 e. The van der Waals surface area contributed by atoms with Gasteiger partial charge in [0.15, 0.2) is 0 Å². The van der Waals surface area contributed by atoms with Gasteiger partial charge >= 0.3 is 0 Å². The van der Waals surface area contributed by atoms with Crippen LogP contribution in [-0.2, 0) is 4.79 Å². The maximum absolute atomic E-state index is 11.9. The standard InChI is InChI=1S/C14H16Cl2N2O/c15-12-7-4-8-13(16)11(12)9-17-18-14(19)10-5-2-1-3-6-10/h4,7-10H,1-3,5-6H2,(H,18,19). The van der Waals surface area contributed by atoms with E-state index in [1.807, 2.05) is 0 Å². The lowest BCUT2D eigenvalue weighted by Crippen LogP contribution is -2.28. The monoisotopic (exact) mass is 298 g/mol. The van der Waals surface area contributed by atoms with Crippen LogP contribution < -0.4 is 5.43 Å². The fourth-order valence-electron chi connectivity index (χ4n) is 2.25. The molecule has 1 aromatic rings. The molecule has 0 heterocycles. The topological polar surface area (TPSA) is 41.5 Å². The average molecular weight is 299 g/mol. The van der Waals surface area contributed by atoms with Gasteiger partial charge in [0.2, 0.25) is 5.91 Å². The normalized spacial score (nSPS) is 16.7. The zero-order chi connectivity index (χ0) is 13.7. The van der Waals surface area contributed by atoms with Gasteiger partial charge in [-0.1, -0.05) is 48.5 Å². The Morgan fingerprint density at radius 1 is 1.21 bits per heavy atom. The number of carbonyl (C=O) groups is 1. The van der Waals surface area contributed by atoms with E-state index in [-0.39, 0.29) is 11.8 Å². The fourth-order valence-corrected chi connectivity index (χ4v) is 2.75. The summed E-state index contributed by atoms with van der Waals surface area (Å²) < 4.78 is 0. The van der Waals surface area contributed by atoms with Crippen LogP contribution in [0.25, 0.3) is 0 Å². The van der Waals surface area contributed by atoms with E-state index in [2.05, 4.69) is 10.5 Å². The van der Waals surface area contributed by atoms with Gasteiger partial charge in [0, 0.05) is 11.5 Å². The van der Waals surface area contributed by atoms with Crippen LogP contribution in [0.3, 0.4) is 0 Å². The molecule has 1 N–H and O–H groups in total. The van der Waals surface area contributed by atoms with Crippen molar-refractivity contribution in [2.75, 3.05) is 0 Å². The Morgan fingerprint density at radius 2 is 1.84 bits per heavy atom. The molecular weight excluding hydrogens is 283 g/mol. The van der Waals surface area contributed by atoms with Crippen molar-refractivity contribution in [2.24, 2.45) is 11.0 Å². The van der Waals surface area contributed by atoms with Gasteiger partial charge in [-0.05, 0) is 25.0 Å². The average Bonchev–Trinajstić information content (AvgIpc) is 2.43. The number of halogens is 2. The van der Waals surface area contributed by atoms with Gasteiger partial charge in [0.05, 0.1) is 16.3 Å². The van der Waals surface area contributed by atoms with E-state index in [9.17, 15) is 4.79 Å². The third-order valence-corrected chi connectivity index (χ3v) is 4.00. The summed E-state index contributed by atoms with van der Waals surface area (Å²) >= 11 is 12.0. The molecule has 1 saturated carbocycles. The molecule has 1 aromatic carbocycles. The number of amides is 1. The quantitative estimate of drug-likeness (QED) is 0.664. The van der Waals surface area contributed by atoms with Crippen LogP contribution in [0.2, 0.25) is 10.0 Å². The van der Waals surface area contributed by atoms with Crippen LogP contribution >= 0.6 is 23.2 Å². The van der Waals surface area contributed by atoms with Gasteiger partial charge in [-0.25, -0.2) is 5.43 Å². The number of carbonyl (C=O) groups excluding carboxylic acids is 1. The van der Waals surface area contributed by atoms with Crippen molar-refractivity contribution in [1.82, 2.24) is 5.43 Å². The molecule has 0 aliphatic heterocycles. The Labute approximate surface area is 123 Å². The highest BCUT2D eigenvalue weighted by molar-refractivity contribution is 6.38. The summed E-state index contributed by atoms with van der Waals surface area (Å²) in [5.41, 5.74) is 3.19. The first kappa shape index (κ1) is 14.4. The second kappa shape index (κ2) is 6.92. The molecule has 3 nitrogen and oxygen atoms in total. The largest absolute Gasteiger partial charge is 0.273 e. The van der Waals surface area contributed by atoms with Crippen LogP contribution in [0.1, 0.15) is 37.7 Å². The number of rotatable bonds is 3. The smallest absolute Gasteiger partial charge is 0.243 e. The number of hydrogen-bond acceptors (Lipinski definition) is 2. The molecule has 2 rings (SSSR count). The third-order valence-electron chi connectivity index (χ3n) is 3.34. The Morgan fingerprint density at radius 3 is 2.47 bits per heavy atom. The van der Waals surface area contributed by atoms with Gasteiger partial charge in [-0.2, -0.15) is 5.10 Å². The summed E-state index contributed by atoms with van der Waals surface area (Å²) in [5, 5.41) is 4.98. The Hall–Kier alpha value is -1.06. The molecule has 0 radical (unpaired) electrons. The molecule has 1 fully saturated rings. The van der Waals surface area contributed by atoms with Crippen molar-refractivity contribution < 1.29 is 4.79 Å². The number of benzene rings is 1. The van der Waals surface area contributed by atoms with Crippen LogP contribution in [-0.4, -0.2) is 12.1 Å². The highest BCUT2D eigenvalue weighted by atomic mass is 35.5. The van der Waals surface area contributed by atoms with Crippen molar-refractivity contribution in [1.29, 1.82) is 0 Å². The lowest BCUT2D eigenvalue weighted by molar-refractivity contribution is -0.125. The summed E-state index contributed by atoms with van der Waals surface area (Å²) in [4.78, 5) is 11.9. The van der Waals surface area contributed by atoms with Crippen LogP contribution in [0.5, 0.6) is 0 Å². The van der Waals surface area contributed by atoms with Gasteiger partial charge in [-0.3, -0.25) is 4.79 Å². The van der Waals surface area contributed by atoms with E-state index in [0.717, 1.165) is 25.7 Å². The molecule has 0 saturated heterocycles. The molecule has 0 spiro atoms. The number of nitrogens with zero attached hydrogens (tertiary/aromatic N) is 1. The second-order valence-corrected chi connectivity index (χ2v) is 5.52. The lowest BCUT2D eigenvalue weighted by Gasteiger charge is -2.19. The second-order valence-electron chi connectivity index (χ2n) is 4.70. The molecule has 0 bridgehead atoms. The summed E-state index contributed by atoms with van der Waals surface area (Å²) in [6.07, 6.45) is 6.87. The minimum Gasteiger partial charge on any atom is -0.273 e. The van der Waals surface area contributed by atoms with Gasteiger partial charge < -0.3 is 0 Å². The molecular formula is C14H16Cl2N2O. The molecule has 19 heavy (non-hydrogen) atoms. The molecule has 0 atom stereocenters. The molecule has 1 aliphatic carbocycles. The molecule has 1 amide bonds. The van der Waals surface area contributed by atoms with E-state index < -0.39 is 0 Å². The van der Waals surface area contributed by atoms with Crippen molar-refractivity contribution in [3.8, 4) is 0 Å².